The third-order valence-corrected chi connectivity index (χ3v) is 5.87. The predicted molar refractivity (Wildman–Crippen MR) is 122 cm³/mol. The Morgan fingerprint density at radius 1 is 0.867 bits per heavy atom. The minimum atomic E-state index is -0.0285. The molecule has 2 aromatic heterocycles. The second kappa shape index (κ2) is 7.81. The topological polar surface area (TPSA) is 39.8 Å². The summed E-state index contributed by atoms with van der Waals surface area (Å²) < 4.78 is 3.75. The van der Waals surface area contributed by atoms with E-state index < -0.39 is 0 Å². The Hall–Kier alpha value is -3.37. The molecule has 0 N–H and O–H groups in total. The van der Waals surface area contributed by atoms with Crippen LogP contribution in [-0.2, 0) is 19.5 Å². The highest BCUT2D eigenvalue weighted by atomic mass is 35.5. The number of benzene rings is 3. The lowest BCUT2D eigenvalue weighted by Crippen LogP contribution is -2.23. The standard InChI is InChI=1S/C25H20ClN3O/c26-21-12-6-4-10-19(21)16-29-22-13-7-5-11-20(22)23-24(29)25(30)28(17-27-23)15-14-18-8-2-1-3-9-18/h1-13,17H,14-16H2. The molecule has 0 aliphatic carbocycles. The van der Waals surface area contributed by atoms with Gasteiger partial charge in [0.2, 0.25) is 0 Å². The lowest BCUT2D eigenvalue weighted by Gasteiger charge is -2.10. The van der Waals surface area contributed by atoms with Crippen molar-refractivity contribution in [1.82, 2.24) is 14.1 Å². The van der Waals surface area contributed by atoms with Gasteiger partial charge in [-0.1, -0.05) is 78.3 Å². The smallest absolute Gasteiger partial charge is 0.277 e. The monoisotopic (exact) mass is 413 g/mol. The lowest BCUT2D eigenvalue weighted by molar-refractivity contribution is 0.658. The highest BCUT2D eigenvalue weighted by Crippen LogP contribution is 2.27. The second-order valence-electron chi connectivity index (χ2n) is 7.37. The van der Waals surface area contributed by atoms with Crippen LogP contribution >= 0.6 is 11.6 Å². The van der Waals surface area contributed by atoms with E-state index >= 15 is 0 Å². The molecule has 0 atom stereocenters. The molecule has 0 aliphatic rings. The van der Waals surface area contributed by atoms with Crippen molar-refractivity contribution >= 4 is 33.5 Å². The van der Waals surface area contributed by atoms with Crippen molar-refractivity contribution in [2.45, 2.75) is 19.5 Å². The number of aryl methyl sites for hydroxylation is 2. The number of aromatic nitrogens is 3. The summed E-state index contributed by atoms with van der Waals surface area (Å²) in [5, 5.41) is 1.67. The molecule has 30 heavy (non-hydrogen) atoms. The van der Waals surface area contributed by atoms with Gasteiger partial charge in [-0.05, 0) is 29.7 Å². The molecule has 148 valence electrons. The van der Waals surface area contributed by atoms with E-state index in [1.807, 2.05) is 71.3 Å². The molecule has 3 aromatic carbocycles. The van der Waals surface area contributed by atoms with E-state index in [1.165, 1.54) is 5.56 Å². The van der Waals surface area contributed by atoms with Crippen molar-refractivity contribution in [3.63, 3.8) is 0 Å². The number of fused-ring (bicyclic) bond motifs is 3. The molecule has 2 heterocycles. The third-order valence-electron chi connectivity index (χ3n) is 5.50. The average molecular weight is 414 g/mol. The molecule has 0 amide bonds. The first-order valence-electron chi connectivity index (χ1n) is 9.96. The molecule has 0 spiro atoms. The molecular formula is C25H20ClN3O. The van der Waals surface area contributed by atoms with Gasteiger partial charge in [0.05, 0.1) is 11.8 Å². The number of hydrogen-bond acceptors (Lipinski definition) is 2. The van der Waals surface area contributed by atoms with E-state index in [2.05, 4.69) is 17.1 Å². The van der Waals surface area contributed by atoms with Gasteiger partial charge in [0, 0.05) is 23.5 Å². The van der Waals surface area contributed by atoms with E-state index in [0.29, 0.717) is 23.6 Å². The summed E-state index contributed by atoms with van der Waals surface area (Å²) in [4.78, 5) is 18.2. The average Bonchev–Trinajstić information content (AvgIpc) is 3.10. The summed E-state index contributed by atoms with van der Waals surface area (Å²) in [5.41, 5.74) is 4.48. The predicted octanol–water partition coefficient (Wildman–Crippen LogP) is 5.30. The van der Waals surface area contributed by atoms with Gasteiger partial charge < -0.3 is 4.57 Å². The van der Waals surface area contributed by atoms with E-state index in [4.69, 9.17) is 11.6 Å². The van der Waals surface area contributed by atoms with Crippen LogP contribution in [0.3, 0.4) is 0 Å². The van der Waals surface area contributed by atoms with Crippen LogP contribution in [0.15, 0.2) is 90.0 Å². The molecule has 0 aliphatic heterocycles. The number of nitrogens with zero attached hydrogens (tertiary/aromatic N) is 3. The third kappa shape index (κ3) is 3.29. The van der Waals surface area contributed by atoms with Gasteiger partial charge in [-0.25, -0.2) is 4.98 Å². The molecule has 5 aromatic rings. The van der Waals surface area contributed by atoms with Crippen molar-refractivity contribution in [1.29, 1.82) is 0 Å². The summed E-state index contributed by atoms with van der Waals surface area (Å²) in [6.07, 6.45) is 2.44. The fraction of sp³-hybridized carbons (Fsp3) is 0.120. The van der Waals surface area contributed by atoms with Crippen LogP contribution in [-0.4, -0.2) is 14.1 Å². The maximum Gasteiger partial charge on any atom is 0.277 e. The Labute approximate surface area is 179 Å². The van der Waals surface area contributed by atoms with Crippen molar-refractivity contribution in [3.8, 4) is 0 Å². The van der Waals surface area contributed by atoms with Crippen LogP contribution < -0.4 is 5.56 Å². The van der Waals surface area contributed by atoms with Crippen LogP contribution in [0.25, 0.3) is 21.9 Å². The van der Waals surface area contributed by atoms with Crippen LogP contribution in [0, 0.1) is 0 Å². The first-order chi connectivity index (χ1) is 14.7. The van der Waals surface area contributed by atoms with Gasteiger partial charge in [0.1, 0.15) is 11.0 Å². The normalized spacial score (nSPS) is 11.4. The Morgan fingerprint density at radius 3 is 2.43 bits per heavy atom. The first-order valence-corrected chi connectivity index (χ1v) is 10.3. The van der Waals surface area contributed by atoms with Gasteiger partial charge in [0.25, 0.3) is 5.56 Å². The molecule has 5 heteroatoms. The number of hydrogen-bond donors (Lipinski definition) is 0. The second-order valence-corrected chi connectivity index (χ2v) is 7.78. The highest BCUT2D eigenvalue weighted by Gasteiger charge is 2.17. The molecule has 5 rings (SSSR count). The van der Waals surface area contributed by atoms with Gasteiger partial charge in [-0.3, -0.25) is 9.36 Å². The maximum absolute atomic E-state index is 13.5. The fourth-order valence-electron chi connectivity index (χ4n) is 3.96. The van der Waals surface area contributed by atoms with Crippen molar-refractivity contribution in [2.24, 2.45) is 0 Å². The molecule has 0 radical (unpaired) electrons. The van der Waals surface area contributed by atoms with Gasteiger partial charge >= 0.3 is 0 Å². The molecule has 0 saturated heterocycles. The summed E-state index contributed by atoms with van der Waals surface area (Å²) in [7, 11) is 0. The summed E-state index contributed by atoms with van der Waals surface area (Å²) in [5.74, 6) is 0. The maximum atomic E-state index is 13.5. The van der Waals surface area contributed by atoms with E-state index in [9.17, 15) is 4.79 Å². The highest BCUT2D eigenvalue weighted by molar-refractivity contribution is 6.31. The molecular weight excluding hydrogens is 394 g/mol. The molecule has 0 bridgehead atoms. The van der Waals surface area contributed by atoms with Gasteiger partial charge in [0.15, 0.2) is 0 Å². The largest absolute Gasteiger partial charge is 0.330 e. The number of halogens is 1. The zero-order valence-electron chi connectivity index (χ0n) is 16.3. The Bertz CT molecular complexity index is 1400. The zero-order chi connectivity index (χ0) is 20.5. The summed E-state index contributed by atoms with van der Waals surface area (Å²) in [6.45, 7) is 1.10. The van der Waals surface area contributed by atoms with Gasteiger partial charge in [-0.2, -0.15) is 0 Å². The summed E-state index contributed by atoms with van der Waals surface area (Å²) >= 11 is 6.42. The zero-order valence-corrected chi connectivity index (χ0v) is 17.1. The van der Waals surface area contributed by atoms with Crippen LogP contribution in [0.2, 0.25) is 5.02 Å². The van der Waals surface area contributed by atoms with E-state index in [1.54, 1.807) is 10.9 Å². The number of para-hydroxylation sites is 1. The summed E-state index contributed by atoms with van der Waals surface area (Å²) in [6, 6.07) is 25.9. The molecule has 0 unspecified atom stereocenters. The SMILES string of the molecule is O=c1c2c(ncn1CCc1ccccc1)c1ccccc1n2Cc1ccccc1Cl. The van der Waals surface area contributed by atoms with Gasteiger partial charge in [-0.15, -0.1) is 0 Å². The quantitative estimate of drug-likeness (QED) is 0.392. The van der Waals surface area contributed by atoms with Crippen LogP contribution in [0.1, 0.15) is 11.1 Å². The molecule has 0 saturated carbocycles. The fourth-order valence-corrected chi connectivity index (χ4v) is 4.16. The van der Waals surface area contributed by atoms with Crippen LogP contribution in [0.4, 0.5) is 0 Å². The Morgan fingerprint density at radius 2 is 1.60 bits per heavy atom. The Balaban J connectivity index is 1.65. The first kappa shape index (κ1) is 18.6. The minimum absolute atomic E-state index is 0.0285. The van der Waals surface area contributed by atoms with E-state index in [0.717, 1.165) is 28.4 Å². The van der Waals surface area contributed by atoms with E-state index in [-0.39, 0.29) is 5.56 Å². The van der Waals surface area contributed by atoms with Crippen molar-refractivity contribution in [2.75, 3.05) is 0 Å². The lowest BCUT2D eigenvalue weighted by atomic mass is 10.1. The number of rotatable bonds is 5. The van der Waals surface area contributed by atoms with Crippen molar-refractivity contribution < 1.29 is 0 Å². The van der Waals surface area contributed by atoms with Crippen LogP contribution in [0.5, 0.6) is 0 Å². The molecule has 4 nitrogen and oxygen atoms in total. The Kier molecular flexibility index (Phi) is 4.85. The van der Waals surface area contributed by atoms with Crippen molar-refractivity contribution in [3.05, 3.63) is 112 Å². The molecule has 0 fully saturated rings. The minimum Gasteiger partial charge on any atom is -0.330 e.